The maximum absolute atomic E-state index is 12.8. The third kappa shape index (κ3) is 3.96. The van der Waals surface area contributed by atoms with E-state index in [1.165, 1.54) is 12.1 Å². The second kappa shape index (κ2) is 7.24. The van der Waals surface area contributed by atoms with E-state index in [1.807, 2.05) is 12.1 Å². The molecule has 0 saturated heterocycles. The highest BCUT2D eigenvalue weighted by molar-refractivity contribution is 7.09. The van der Waals surface area contributed by atoms with Crippen molar-refractivity contribution in [2.24, 2.45) is 0 Å². The number of hydrogen-bond donors (Lipinski definition) is 1. The SMILES string of the molecule is Fc1ccc(CNCCc2nc(-c3ccncc3)cs2)cc1. The van der Waals surface area contributed by atoms with Crippen molar-refractivity contribution >= 4 is 11.3 Å². The molecule has 3 nitrogen and oxygen atoms in total. The molecule has 3 aromatic rings. The van der Waals surface area contributed by atoms with Crippen molar-refractivity contribution in [3.05, 3.63) is 70.6 Å². The summed E-state index contributed by atoms with van der Waals surface area (Å²) in [7, 11) is 0. The van der Waals surface area contributed by atoms with Crippen LogP contribution in [0.25, 0.3) is 11.3 Å². The fourth-order valence-corrected chi connectivity index (χ4v) is 2.92. The number of nitrogens with zero attached hydrogens (tertiary/aromatic N) is 2. The van der Waals surface area contributed by atoms with Crippen LogP contribution in [-0.4, -0.2) is 16.5 Å². The van der Waals surface area contributed by atoms with Crippen molar-refractivity contribution in [2.75, 3.05) is 6.54 Å². The van der Waals surface area contributed by atoms with Crippen LogP contribution in [0.3, 0.4) is 0 Å². The first-order chi connectivity index (χ1) is 10.8. The summed E-state index contributed by atoms with van der Waals surface area (Å²) in [6.07, 6.45) is 4.44. The molecule has 2 aromatic heterocycles. The van der Waals surface area contributed by atoms with Gasteiger partial charge in [0, 0.05) is 42.8 Å². The smallest absolute Gasteiger partial charge is 0.123 e. The molecule has 0 fully saturated rings. The molecule has 0 aliphatic rings. The monoisotopic (exact) mass is 313 g/mol. The minimum atomic E-state index is -0.199. The third-order valence-electron chi connectivity index (χ3n) is 3.29. The van der Waals surface area contributed by atoms with E-state index in [9.17, 15) is 4.39 Å². The Morgan fingerprint density at radius 3 is 2.59 bits per heavy atom. The summed E-state index contributed by atoms with van der Waals surface area (Å²) in [4.78, 5) is 8.65. The van der Waals surface area contributed by atoms with Crippen molar-refractivity contribution < 1.29 is 4.39 Å². The predicted octanol–water partition coefficient (Wildman–Crippen LogP) is 3.68. The molecule has 0 spiro atoms. The van der Waals surface area contributed by atoms with Crippen LogP contribution < -0.4 is 5.32 Å². The molecule has 5 heteroatoms. The fraction of sp³-hybridized carbons (Fsp3) is 0.176. The third-order valence-corrected chi connectivity index (χ3v) is 4.19. The van der Waals surface area contributed by atoms with Gasteiger partial charge in [0.25, 0.3) is 0 Å². The van der Waals surface area contributed by atoms with E-state index in [0.29, 0.717) is 0 Å². The van der Waals surface area contributed by atoms with E-state index < -0.39 is 0 Å². The zero-order valence-corrected chi connectivity index (χ0v) is 12.8. The minimum absolute atomic E-state index is 0.199. The number of pyridine rings is 1. The highest BCUT2D eigenvalue weighted by Crippen LogP contribution is 2.21. The molecule has 1 N–H and O–H groups in total. The lowest BCUT2D eigenvalue weighted by molar-refractivity contribution is 0.625. The fourth-order valence-electron chi connectivity index (χ4n) is 2.11. The highest BCUT2D eigenvalue weighted by Gasteiger charge is 2.04. The standard InChI is InChI=1S/C17H16FN3S/c18-15-3-1-13(2-4-15)11-20-10-7-17-21-16(12-22-17)14-5-8-19-9-6-14/h1-6,8-9,12,20H,7,10-11H2. The van der Waals surface area contributed by atoms with Crippen LogP contribution in [0.4, 0.5) is 4.39 Å². The lowest BCUT2D eigenvalue weighted by Crippen LogP contribution is -2.16. The summed E-state index contributed by atoms with van der Waals surface area (Å²) >= 11 is 1.67. The number of aromatic nitrogens is 2. The molecule has 0 atom stereocenters. The first-order valence-corrected chi connectivity index (χ1v) is 7.99. The Morgan fingerprint density at radius 2 is 1.82 bits per heavy atom. The molecule has 0 radical (unpaired) electrons. The minimum Gasteiger partial charge on any atom is -0.312 e. The summed E-state index contributed by atoms with van der Waals surface area (Å²) < 4.78 is 12.8. The molecule has 0 amide bonds. The van der Waals surface area contributed by atoms with Gasteiger partial charge in [-0.25, -0.2) is 9.37 Å². The van der Waals surface area contributed by atoms with Gasteiger partial charge in [-0.3, -0.25) is 4.98 Å². The van der Waals surface area contributed by atoms with Crippen molar-refractivity contribution in [1.82, 2.24) is 15.3 Å². The van der Waals surface area contributed by atoms with Crippen LogP contribution in [0, 0.1) is 5.82 Å². The highest BCUT2D eigenvalue weighted by atomic mass is 32.1. The van der Waals surface area contributed by atoms with E-state index in [1.54, 1.807) is 35.9 Å². The van der Waals surface area contributed by atoms with Crippen molar-refractivity contribution in [3.8, 4) is 11.3 Å². The average molecular weight is 313 g/mol. The summed E-state index contributed by atoms with van der Waals surface area (Å²) in [6.45, 7) is 1.59. The van der Waals surface area contributed by atoms with Crippen LogP contribution >= 0.6 is 11.3 Å². The summed E-state index contributed by atoms with van der Waals surface area (Å²) in [5, 5.41) is 6.54. The molecule has 112 valence electrons. The quantitative estimate of drug-likeness (QED) is 0.706. The first-order valence-electron chi connectivity index (χ1n) is 7.11. The molecule has 2 heterocycles. The molecule has 0 saturated carbocycles. The number of benzene rings is 1. The summed E-state index contributed by atoms with van der Waals surface area (Å²) in [6, 6.07) is 10.5. The van der Waals surface area contributed by atoms with Gasteiger partial charge in [-0.15, -0.1) is 11.3 Å². The number of halogens is 1. The summed E-state index contributed by atoms with van der Waals surface area (Å²) in [5.74, 6) is -0.199. The molecular weight excluding hydrogens is 297 g/mol. The molecular formula is C17H16FN3S. The van der Waals surface area contributed by atoms with Gasteiger partial charge in [0.05, 0.1) is 10.7 Å². The summed E-state index contributed by atoms with van der Waals surface area (Å²) in [5.41, 5.74) is 3.18. The molecule has 3 rings (SSSR count). The van der Waals surface area contributed by atoms with Gasteiger partial charge >= 0.3 is 0 Å². The average Bonchev–Trinajstić information content (AvgIpc) is 3.03. The Balaban J connectivity index is 1.48. The normalized spacial score (nSPS) is 10.8. The Kier molecular flexibility index (Phi) is 4.88. The van der Waals surface area contributed by atoms with E-state index >= 15 is 0 Å². The number of rotatable bonds is 6. The maximum Gasteiger partial charge on any atom is 0.123 e. The second-order valence-corrected chi connectivity index (χ2v) is 5.86. The second-order valence-electron chi connectivity index (χ2n) is 4.92. The van der Waals surface area contributed by atoms with Crippen molar-refractivity contribution in [2.45, 2.75) is 13.0 Å². The Bertz CT molecular complexity index is 710. The Labute approximate surface area is 132 Å². The van der Waals surface area contributed by atoms with E-state index in [-0.39, 0.29) is 5.82 Å². The molecule has 1 aromatic carbocycles. The van der Waals surface area contributed by atoms with Gasteiger partial charge in [-0.05, 0) is 29.8 Å². The van der Waals surface area contributed by atoms with Crippen LogP contribution in [0.2, 0.25) is 0 Å². The van der Waals surface area contributed by atoms with Gasteiger partial charge < -0.3 is 5.32 Å². The number of thiazole rings is 1. The van der Waals surface area contributed by atoms with Crippen molar-refractivity contribution in [3.63, 3.8) is 0 Å². The van der Waals surface area contributed by atoms with Gasteiger partial charge in [0.2, 0.25) is 0 Å². The number of hydrogen-bond acceptors (Lipinski definition) is 4. The predicted molar refractivity (Wildman–Crippen MR) is 87.2 cm³/mol. The Morgan fingerprint density at radius 1 is 1.05 bits per heavy atom. The lowest BCUT2D eigenvalue weighted by Gasteiger charge is -2.03. The van der Waals surface area contributed by atoms with Crippen LogP contribution in [0.15, 0.2) is 54.2 Å². The molecule has 22 heavy (non-hydrogen) atoms. The van der Waals surface area contributed by atoms with E-state index in [4.69, 9.17) is 0 Å². The molecule has 0 bridgehead atoms. The molecule has 0 aliphatic heterocycles. The van der Waals surface area contributed by atoms with E-state index in [0.717, 1.165) is 41.3 Å². The topological polar surface area (TPSA) is 37.8 Å². The van der Waals surface area contributed by atoms with Crippen molar-refractivity contribution in [1.29, 1.82) is 0 Å². The number of nitrogens with one attached hydrogen (secondary N) is 1. The first kappa shape index (κ1) is 14.8. The van der Waals surface area contributed by atoms with Gasteiger partial charge in [0.15, 0.2) is 0 Å². The van der Waals surface area contributed by atoms with E-state index in [2.05, 4.69) is 20.7 Å². The maximum atomic E-state index is 12.8. The van der Waals surface area contributed by atoms with Gasteiger partial charge in [-0.1, -0.05) is 12.1 Å². The van der Waals surface area contributed by atoms with Crippen LogP contribution in [0.5, 0.6) is 0 Å². The largest absolute Gasteiger partial charge is 0.312 e. The Hall–Kier alpha value is -2.11. The zero-order valence-electron chi connectivity index (χ0n) is 12.0. The lowest BCUT2D eigenvalue weighted by atomic mass is 10.2. The van der Waals surface area contributed by atoms with Gasteiger partial charge in [-0.2, -0.15) is 0 Å². The van der Waals surface area contributed by atoms with Crippen LogP contribution in [0.1, 0.15) is 10.6 Å². The van der Waals surface area contributed by atoms with Crippen LogP contribution in [-0.2, 0) is 13.0 Å². The van der Waals surface area contributed by atoms with Gasteiger partial charge in [0.1, 0.15) is 5.82 Å². The zero-order chi connectivity index (χ0) is 15.2. The molecule has 0 aliphatic carbocycles. The molecule has 0 unspecified atom stereocenters.